The average molecular weight is 308 g/mol. The number of carboxylic acid groups (broad SMARTS) is 1. The first-order chi connectivity index (χ1) is 9.81. The maximum Gasteiger partial charge on any atom is 0.337 e. The number of aromatic nitrogens is 2. The molecule has 0 bridgehead atoms. The molecule has 0 fully saturated rings. The Bertz CT molecular complexity index is 737. The van der Waals surface area contributed by atoms with Gasteiger partial charge in [-0.15, -0.1) is 0 Å². The Hall–Kier alpha value is -2.34. The SMILES string of the molecule is Cc1nn(C)c(C)c1C(=O)Nc1ccc(C(=O)O)c(Cl)c1. The minimum atomic E-state index is -1.11. The van der Waals surface area contributed by atoms with Crippen molar-refractivity contribution < 1.29 is 14.7 Å². The summed E-state index contributed by atoms with van der Waals surface area (Å²) in [6, 6.07) is 4.25. The Balaban J connectivity index is 2.28. The van der Waals surface area contributed by atoms with Gasteiger partial charge in [-0.25, -0.2) is 4.79 Å². The second-order valence-electron chi connectivity index (χ2n) is 4.62. The number of nitrogens with zero attached hydrogens (tertiary/aromatic N) is 2. The fraction of sp³-hybridized carbons (Fsp3) is 0.214. The van der Waals surface area contributed by atoms with Crippen LogP contribution in [0.4, 0.5) is 5.69 Å². The Morgan fingerprint density at radius 1 is 1.33 bits per heavy atom. The predicted octanol–water partition coefficient (Wildman–Crippen LogP) is 2.64. The number of carbonyl (C=O) groups excluding carboxylic acids is 1. The number of anilines is 1. The van der Waals surface area contributed by atoms with Crippen molar-refractivity contribution in [2.75, 3.05) is 5.32 Å². The quantitative estimate of drug-likeness (QED) is 0.913. The van der Waals surface area contributed by atoms with Crippen LogP contribution in [-0.2, 0) is 7.05 Å². The Morgan fingerprint density at radius 3 is 2.48 bits per heavy atom. The number of rotatable bonds is 3. The molecule has 110 valence electrons. The van der Waals surface area contributed by atoms with Crippen LogP contribution in [0, 0.1) is 13.8 Å². The van der Waals surface area contributed by atoms with Crippen LogP contribution in [0.25, 0.3) is 0 Å². The molecule has 0 spiro atoms. The van der Waals surface area contributed by atoms with E-state index in [-0.39, 0.29) is 16.5 Å². The van der Waals surface area contributed by atoms with Crippen molar-refractivity contribution in [1.82, 2.24) is 9.78 Å². The molecule has 0 unspecified atom stereocenters. The molecule has 21 heavy (non-hydrogen) atoms. The lowest BCUT2D eigenvalue weighted by molar-refractivity contribution is 0.0697. The lowest BCUT2D eigenvalue weighted by atomic mass is 10.1. The van der Waals surface area contributed by atoms with Gasteiger partial charge in [-0.3, -0.25) is 9.48 Å². The second kappa shape index (κ2) is 5.57. The van der Waals surface area contributed by atoms with Crippen LogP contribution in [0.15, 0.2) is 18.2 Å². The molecule has 0 radical (unpaired) electrons. The van der Waals surface area contributed by atoms with Gasteiger partial charge < -0.3 is 10.4 Å². The zero-order valence-corrected chi connectivity index (χ0v) is 12.5. The lowest BCUT2D eigenvalue weighted by Crippen LogP contribution is -2.14. The van der Waals surface area contributed by atoms with Crippen molar-refractivity contribution in [3.05, 3.63) is 45.7 Å². The summed E-state index contributed by atoms with van der Waals surface area (Å²) in [6.07, 6.45) is 0. The number of carboxylic acids is 1. The maximum absolute atomic E-state index is 12.3. The highest BCUT2D eigenvalue weighted by Crippen LogP contribution is 2.22. The lowest BCUT2D eigenvalue weighted by Gasteiger charge is -2.07. The largest absolute Gasteiger partial charge is 0.478 e. The molecule has 2 aromatic rings. The van der Waals surface area contributed by atoms with E-state index in [1.807, 2.05) is 0 Å². The molecular formula is C14H14ClN3O3. The minimum absolute atomic E-state index is 0.0107. The van der Waals surface area contributed by atoms with Crippen LogP contribution in [0.1, 0.15) is 32.1 Å². The summed E-state index contributed by atoms with van der Waals surface area (Å²) < 4.78 is 1.63. The molecule has 0 aliphatic carbocycles. The highest BCUT2D eigenvalue weighted by Gasteiger charge is 2.18. The van der Waals surface area contributed by atoms with Crippen LogP contribution in [0.5, 0.6) is 0 Å². The summed E-state index contributed by atoms with van der Waals surface area (Å²) in [5.41, 5.74) is 2.29. The number of halogens is 1. The van der Waals surface area contributed by atoms with Crippen LogP contribution >= 0.6 is 11.6 Å². The van der Waals surface area contributed by atoms with E-state index in [9.17, 15) is 9.59 Å². The Labute approximate surface area is 126 Å². The summed E-state index contributed by atoms with van der Waals surface area (Å²) >= 11 is 5.87. The van der Waals surface area contributed by atoms with Crippen LogP contribution in [0.3, 0.4) is 0 Å². The van der Waals surface area contributed by atoms with Crippen molar-refractivity contribution in [2.45, 2.75) is 13.8 Å². The first kappa shape index (κ1) is 15.1. The zero-order valence-electron chi connectivity index (χ0n) is 11.8. The van der Waals surface area contributed by atoms with Gasteiger partial charge in [0, 0.05) is 18.4 Å². The standard InChI is InChI=1S/C14H14ClN3O3/c1-7-12(8(2)18(3)17-7)13(19)16-9-4-5-10(14(20)21)11(15)6-9/h4-6H,1-3H3,(H,16,19)(H,20,21). The van der Waals surface area contributed by atoms with Gasteiger partial charge in [0.2, 0.25) is 0 Å². The van der Waals surface area contributed by atoms with Crippen molar-refractivity contribution in [3.63, 3.8) is 0 Å². The highest BCUT2D eigenvalue weighted by atomic mass is 35.5. The van der Waals surface area contributed by atoms with E-state index < -0.39 is 5.97 Å². The van der Waals surface area contributed by atoms with Gasteiger partial charge in [-0.1, -0.05) is 11.6 Å². The van der Waals surface area contributed by atoms with E-state index in [2.05, 4.69) is 10.4 Å². The number of amides is 1. The van der Waals surface area contributed by atoms with Crippen LogP contribution < -0.4 is 5.32 Å². The van der Waals surface area contributed by atoms with E-state index in [1.54, 1.807) is 25.6 Å². The molecule has 0 aliphatic rings. The van der Waals surface area contributed by atoms with Gasteiger partial charge in [-0.2, -0.15) is 5.10 Å². The number of nitrogens with one attached hydrogen (secondary N) is 1. The molecular weight excluding hydrogens is 294 g/mol. The topological polar surface area (TPSA) is 84.2 Å². The molecule has 0 atom stereocenters. The van der Waals surface area contributed by atoms with Crippen LogP contribution in [-0.4, -0.2) is 26.8 Å². The Morgan fingerprint density at radius 2 is 2.00 bits per heavy atom. The molecule has 1 aromatic heterocycles. The van der Waals surface area contributed by atoms with Crippen molar-refractivity contribution in [2.24, 2.45) is 7.05 Å². The molecule has 0 saturated heterocycles. The summed E-state index contributed by atoms with van der Waals surface area (Å²) in [4.78, 5) is 23.2. The molecule has 2 N–H and O–H groups in total. The normalized spacial score (nSPS) is 10.5. The molecule has 6 nitrogen and oxygen atoms in total. The number of hydrogen-bond donors (Lipinski definition) is 2. The smallest absolute Gasteiger partial charge is 0.337 e. The van der Waals surface area contributed by atoms with Gasteiger partial charge in [0.15, 0.2) is 0 Å². The van der Waals surface area contributed by atoms with E-state index >= 15 is 0 Å². The van der Waals surface area contributed by atoms with Gasteiger partial charge in [0.05, 0.1) is 21.8 Å². The first-order valence-corrected chi connectivity index (χ1v) is 6.53. The molecule has 1 aromatic carbocycles. The summed E-state index contributed by atoms with van der Waals surface area (Å²) in [5.74, 6) is -1.42. The van der Waals surface area contributed by atoms with Crippen molar-refractivity contribution in [1.29, 1.82) is 0 Å². The van der Waals surface area contributed by atoms with Gasteiger partial charge in [0.25, 0.3) is 5.91 Å². The summed E-state index contributed by atoms with van der Waals surface area (Å²) in [6.45, 7) is 3.55. The number of hydrogen-bond acceptors (Lipinski definition) is 3. The summed E-state index contributed by atoms with van der Waals surface area (Å²) in [7, 11) is 1.76. The third kappa shape index (κ3) is 2.90. The first-order valence-electron chi connectivity index (χ1n) is 6.15. The van der Waals surface area contributed by atoms with E-state index in [0.29, 0.717) is 16.9 Å². The van der Waals surface area contributed by atoms with E-state index in [4.69, 9.17) is 16.7 Å². The second-order valence-corrected chi connectivity index (χ2v) is 5.03. The number of carbonyl (C=O) groups is 2. The van der Waals surface area contributed by atoms with Crippen LogP contribution in [0.2, 0.25) is 5.02 Å². The highest BCUT2D eigenvalue weighted by molar-refractivity contribution is 6.33. The molecule has 1 amide bonds. The third-order valence-electron chi connectivity index (χ3n) is 3.19. The molecule has 1 heterocycles. The van der Waals surface area contributed by atoms with E-state index in [1.165, 1.54) is 18.2 Å². The fourth-order valence-corrected chi connectivity index (χ4v) is 2.32. The summed E-state index contributed by atoms with van der Waals surface area (Å²) in [5, 5.41) is 15.8. The van der Waals surface area contributed by atoms with Gasteiger partial charge in [0.1, 0.15) is 0 Å². The van der Waals surface area contributed by atoms with E-state index in [0.717, 1.165) is 5.69 Å². The Kier molecular flexibility index (Phi) is 3.99. The van der Waals surface area contributed by atoms with Gasteiger partial charge >= 0.3 is 5.97 Å². The molecule has 2 rings (SSSR count). The number of aromatic carboxylic acids is 1. The van der Waals surface area contributed by atoms with Crippen molar-refractivity contribution >= 4 is 29.2 Å². The third-order valence-corrected chi connectivity index (χ3v) is 3.51. The van der Waals surface area contributed by atoms with Gasteiger partial charge in [-0.05, 0) is 32.0 Å². The number of benzene rings is 1. The molecule has 0 saturated carbocycles. The zero-order chi connectivity index (χ0) is 15.7. The molecule has 0 aliphatic heterocycles. The van der Waals surface area contributed by atoms with Crippen molar-refractivity contribution in [3.8, 4) is 0 Å². The number of aryl methyl sites for hydroxylation is 2. The fourth-order valence-electron chi connectivity index (χ4n) is 2.06. The monoisotopic (exact) mass is 307 g/mol. The maximum atomic E-state index is 12.3. The molecule has 7 heteroatoms. The minimum Gasteiger partial charge on any atom is -0.478 e. The predicted molar refractivity (Wildman–Crippen MR) is 79.0 cm³/mol. The average Bonchev–Trinajstić information content (AvgIpc) is 2.62.